The van der Waals surface area contributed by atoms with Gasteiger partial charge in [-0.1, -0.05) is 27.7 Å². The van der Waals surface area contributed by atoms with E-state index in [-0.39, 0.29) is 11.5 Å². The van der Waals surface area contributed by atoms with Crippen molar-refractivity contribution in [3.63, 3.8) is 0 Å². The van der Waals surface area contributed by atoms with E-state index in [0.717, 1.165) is 24.3 Å². The maximum atomic E-state index is 11.4. The third-order valence-corrected chi connectivity index (χ3v) is 6.04. The Morgan fingerprint density at radius 2 is 2.18 bits per heavy atom. The summed E-state index contributed by atoms with van der Waals surface area (Å²) in [7, 11) is 2.77. The molecule has 1 saturated heterocycles. The Morgan fingerprint density at radius 1 is 1.36 bits per heavy atom. The Bertz CT molecular complexity index is 436. The van der Waals surface area contributed by atoms with Crippen LogP contribution < -0.4 is 5.32 Å². The van der Waals surface area contributed by atoms with Gasteiger partial charge in [-0.2, -0.15) is 5.06 Å². The molecule has 0 bridgehead atoms. The van der Waals surface area contributed by atoms with Crippen molar-refractivity contribution in [2.45, 2.75) is 36.8 Å². The van der Waals surface area contributed by atoms with Crippen molar-refractivity contribution < 1.29 is 20.3 Å². The van der Waals surface area contributed by atoms with E-state index < -0.39 is 12.0 Å². The van der Waals surface area contributed by atoms with Crippen LogP contribution in [-0.2, 0) is 4.79 Å². The van der Waals surface area contributed by atoms with Crippen molar-refractivity contribution in [2.75, 3.05) is 12.3 Å². The van der Waals surface area contributed by atoms with Crippen LogP contribution in [-0.4, -0.2) is 61.5 Å². The summed E-state index contributed by atoms with van der Waals surface area (Å²) < 4.78 is 0. The largest absolute Gasteiger partial charge is 0.480 e. The quantitative estimate of drug-likeness (QED) is 0.513. The van der Waals surface area contributed by atoms with E-state index in [1.807, 2.05) is 12.2 Å². The summed E-state index contributed by atoms with van der Waals surface area (Å²) in [6.45, 7) is 0.560. The summed E-state index contributed by atoms with van der Waals surface area (Å²) in [5.74, 6) is -0.598. The number of hydrogen-bond acceptors (Lipinski definition) is 8. The third-order valence-electron chi connectivity index (χ3n) is 3.45. The van der Waals surface area contributed by atoms with Gasteiger partial charge in [0.15, 0.2) is 0 Å². The van der Waals surface area contributed by atoms with Gasteiger partial charge in [-0.25, -0.2) is 5.06 Å². The molecule has 0 radical (unpaired) electrons. The standard InChI is InChI=1S/C13H21N3O4S2/c17-13(18)10(14-11-5-1-3-7-15(11)19)9-21-22-12-6-2-4-8-16(12)20/h2,4,6,8,10-12,14,19-20H,1,3,5,7,9H2,(H,17,18). The van der Waals surface area contributed by atoms with Gasteiger partial charge in [0.05, 0.1) is 6.17 Å². The van der Waals surface area contributed by atoms with Crippen molar-refractivity contribution in [3.05, 3.63) is 24.4 Å². The smallest absolute Gasteiger partial charge is 0.321 e. The molecule has 4 N–H and O–H groups in total. The molecule has 0 aromatic heterocycles. The second kappa shape index (κ2) is 8.80. The number of piperidine rings is 1. The van der Waals surface area contributed by atoms with Gasteiger partial charge in [0.25, 0.3) is 0 Å². The van der Waals surface area contributed by atoms with Gasteiger partial charge < -0.3 is 10.3 Å². The molecular weight excluding hydrogens is 326 g/mol. The fourth-order valence-electron chi connectivity index (χ4n) is 2.23. The molecule has 0 aromatic rings. The predicted octanol–water partition coefficient (Wildman–Crippen LogP) is 1.71. The van der Waals surface area contributed by atoms with Gasteiger partial charge in [-0.15, -0.1) is 0 Å². The van der Waals surface area contributed by atoms with E-state index >= 15 is 0 Å². The first-order chi connectivity index (χ1) is 10.6. The van der Waals surface area contributed by atoms with Crippen LogP contribution in [0.3, 0.4) is 0 Å². The van der Waals surface area contributed by atoms with Gasteiger partial charge in [0, 0.05) is 18.5 Å². The third kappa shape index (κ3) is 5.18. The van der Waals surface area contributed by atoms with E-state index in [2.05, 4.69) is 5.32 Å². The zero-order valence-electron chi connectivity index (χ0n) is 12.0. The maximum Gasteiger partial charge on any atom is 0.321 e. The fraction of sp³-hybridized carbons (Fsp3) is 0.615. The molecule has 3 atom stereocenters. The number of nitrogens with one attached hydrogen (secondary N) is 1. The van der Waals surface area contributed by atoms with Crippen LogP contribution in [0.25, 0.3) is 0 Å². The molecule has 1 fully saturated rings. The minimum atomic E-state index is -0.938. The summed E-state index contributed by atoms with van der Waals surface area (Å²) in [6.07, 6.45) is 9.26. The van der Waals surface area contributed by atoms with Crippen LogP contribution in [0.4, 0.5) is 0 Å². The number of allylic oxidation sites excluding steroid dienone is 2. The highest BCUT2D eigenvalue weighted by Gasteiger charge is 2.27. The number of hydrogen-bond donors (Lipinski definition) is 4. The molecule has 0 amide bonds. The van der Waals surface area contributed by atoms with Gasteiger partial charge >= 0.3 is 5.97 Å². The molecule has 2 heterocycles. The molecule has 0 aliphatic carbocycles. The van der Waals surface area contributed by atoms with E-state index in [4.69, 9.17) is 0 Å². The summed E-state index contributed by atoms with van der Waals surface area (Å²) in [5, 5.41) is 33.7. The Morgan fingerprint density at radius 3 is 2.86 bits per heavy atom. The molecule has 2 rings (SSSR count). The molecule has 0 aromatic carbocycles. The van der Waals surface area contributed by atoms with Crippen LogP contribution >= 0.6 is 21.6 Å². The normalized spacial score (nSPS) is 27.1. The lowest BCUT2D eigenvalue weighted by Crippen LogP contribution is -2.53. The highest BCUT2D eigenvalue weighted by atomic mass is 33.1. The van der Waals surface area contributed by atoms with E-state index in [1.165, 1.54) is 26.7 Å². The number of carboxylic acids is 1. The first-order valence-electron chi connectivity index (χ1n) is 7.13. The molecule has 0 saturated carbocycles. The van der Waals surface area contributed by atoms with Crippen molar-refractivity contribution in [1.29, 1.82) is 0 Å². The first kappa shape index (κ1) is 17.6. The average Bonchev–Trinajstić information content (AvgIpc) is 2.50. The Kier molecular flexibility index (Phi) is 7.06. The lowest BCUT2D eigenvalue weighted by molar-refractivity contribution is -0.158. The number of hydroxylamine groups is 4. The summed E-state index contributed by atoms with van der Waals surface area (Å²) >= 11 is 0. The van der Waals surface area contributed by atoms with Crippen LogP contribution in [0.2, 0.25) is 0 Å². The van der Waals surface area contributed by atoms with Crippen molar-refractivity contribution >= 4 is 27.6 Å². The first-order valence-corrected chi connectivity index (χ1v) is 9.51. The molecule has 124 valence electrons. The zero-order chi connectivity index (χ0) is 15.9. The number of rotatable bonds is 7. The number of aliphatic carboxylic acids is 1. The molecule has 0 spiro atoms. The molecule has 7 nitrogen and oxygen atoms in total. The van der Waals surface area contributed by atoms with Crippen LogP contribution in [0.15, 0.2) is 24.4 Å². The van der Waals surface area contributed by atoms with Gasteiger partial charge in [-0.3, -0.25) is 15.3 Å². The van der Waals surface area contributed by atoms with Gasteiger partial charge in [0.2, 0.25) is 0 Å². The molecule has 3 unspecified atom stereocenters. The monoisotopic (exact) mass is 347 g/mol. The van der Waals surface area contributed by atoms with Crippen molar-refractivity contribution in [3.8, 4) is 0 Å². The van der Waals surface area contributed by atoms with Crippen LogP contribution in [0.5, 0.6) is 0 Å². The number of carboxylic acid groups (broad SMARTS) is 1. The minimum absolute atomic E-state index is 0.228. The summed E-state index contributed by atoms with van der Waals surface area (Å²) in [5.41, 5.74) is 0. The van der Waals surface area contributed by atoms with E-state index in [0.29, 0.717) is 12.3 Å². The lowest BCUT2D eigenvalue weighted by atomic mass is 10.1. The SMILES string of the molecule is O=C(O)C(CSSC1C=CC=CN1O)NC1CCCCN1O. The average molecular weight is 347 g/mol. The van der Waals surface area contributed by atoms with Gasteiger partial charge in [0.1, 0.15) is 11.4 Å². The lowest BCUT2D eigenvalue weighted by Gasteiger charge is -2.33. The zero-order valence-corrected chi connectivity index (χ0v) is 13.7. The molecule has 2 aliphatic heterocycles. The van der Waals surface area contributed by atoms with E-state index in [9.17, 15) is 20.3 Å². The molecule has 2 aliphatic rings. The van der Waals surface area contributed by atoms with Crippen LogP contribution in [0.1, 0.15) is 19.3 Å². The fourth-order valence-corrected chi connectivity index (χ4v) is 4.66. The second-order valence-electron chi connectivity index (χ2n) is 5.11. The Balaban J connectivity index is 1.78. The summed E-state index contributed by atoms with van der Waals surface area (Å²) in [4.78, 5) is 11.4. The summed E-state index contributed by atoms with van der Waals surface area (Å²) in [6, 6.07) is -0.745. The molecular formula is C13H21N3O4S2. The molecule has 22 heavy (non-hydrogen) atoms. The number of carbonyl (C=O) groups is 1. The van der Waals surface area contributed by atoms with E-state index in [1.54, 1.807) is 12.3 Å². The Hall–Kier alpha value is -0.710. The topological polar surface area (TPSA) is 96.3 Å². The minimum Gasteiger partial charge on any atom is -0.480 e. The molecule has 9 heteroatoms. The highest BCUT2D eigenvalue weighted by molar-refractivity contribution is 8.77. The van der Waals surface area contributed by atoms with Gasteiger partial charge in [-0.05, 0) is 31.4 Å². The Labute approximate surface area is 137 Å². The van der Waals surface area contributed by atoms with Crippen molar-refractivity contribution in [2.24, 2.45) is 0 Å². The highest BCUT2D eigenvalue weighted by Crippen LogP contribution is 2.31. The maximum absolute atomic E-state index is 11.4. The second-order valence-corrected chi connectivity index (χ2v) is 7.64. The number of nitrogens with zero attached hydrogens (tertiary/aromatic N) is 2. The van der Waals surface area contributed by atoms with Crippen molar-refractivity contribution in [1.82, 2.24) is 15.4 Å². The van der Waals surface area contributed by atoms with Crippen LogP contribution in [0, 0.1) is 0 Å². The predicted molar refractivity (Wildman–Crippen MR) is 86.4 cm³/mol.